The highest BCUT2D eigenvalue weighted by molar-refractivity contribution is 9.10. The van der Waals surface area contributed by atoms with E-state index < -0.39 is 0 Å². The lowest BCUT2D eigenvalue weighted by atomic mass is 10.3. The molecule has 2 N–H and O–H groups in total. The van der Waals surface area contributed by atoms with Crippen molar-refractivity contribution in [3.8, 4) is 5.75 Å². The molecule has 1 saturated heterocycles. The van der Waals surface area contributed by atoms with E-state index in [-0.39, 0.29) is 6.10 Å². The lowest BCUT2D eigenvalue weighted by molar-refractivity contribution is 0.225. The number of nitrogen functional groups attached to an aromatic ring is 1. The molecule has 0 aromatic heterocycles. The van der Waals surface area contributed by atoms with Crippen molar-refractivity contribution < 1.29 is 4.74 Å². The number of hydrogen-bond acceptors (Lipinski definition) is 3. The quantitative estimate of drug-likeness (QED) is 0.871. The molecule has 1 atom stereocenters. The van der Waals surface area contributed by atoms with Gasteiger partial charge in [-0.2, -0.15) is 0 Å². The van der Waals surface area contributed by atoms with Crippen LogP contribution in [0.15, 0.2) is 53.0 Å². The summed E-state index contributed by atoms with van der Waals surface area (Å²) in [5.74, 6) is 0.853. The minimum Gasteiger partial charge on any atom is -0.488 e. The molecule has 4 heteroatoms. The third-order valence-corrected chi connectivity index (χ3v) is 3.97. The maximum atomic E-state index is 6.00. The van der Waals surface area contributed by atoms with Crippen molar-refractivity contribution in [1.82, 2.24) is 0 Å². The van der Waals surface area contributed by atoms with Gasteiger partial charge in [0.05, 0.1) is 6.54 Å². The van der Waals surface area contributed by atoms with Crippen LogP contribution in [0.3, 0.4) is 0 Å². The zero-order chi connectivity index (χ0) is 13.9. The predicted octanol–water partition coefficient (Wildman–Crippen LogP) is 3.69. The molecule has 2 aromatic carbocycles. The van der Waals surface area contributed by atoms with Gasteiger partial charge in [-0.25, -0.2) is 0 Å². The molecule has 1 fully saturated rings. The molecule has 3 nitrogen and oxygen atoms in total. The molecule has 1 unspecified atom stereocenters. The maximum absolute atomic E-state index is 6.00. The molecule has 1 heterocycles. The highest BCUT2D eigenvalue weighted by Crippen LogP contribution is 2.26. The van der Waals surface area contributed by atoms with Crippen molar-refractivity contribution in [1.29, 1.82) is 0 Å². The second-order valence-electron chi connectivity index (χ2n) is 5.03. The number of halogens is 1. The number of nitrogens with zero attached hydrogens (tertiary/aromatic N) is 1. The first-order chi connectivity index (χ1) is 9.70. The van der Waals surface area contributed by atoms with Crippen molar-refractivity contribution in [2.24, 2.45) is 0 Å². The van der Waals surface area contributed by atoms with Crippen LogP contribution in [0.1, 0.15) is 6.42 Å². The van der Waals surface area contributed by atoms with Crippen molar-refractivity contribution in [3.63, 3.8) is 0 Å². The highest BCUT2D eigenvalue weighted by atomic mass is 79.9. The molecule has 0 amide bonds. The molecule has 0 spiro atoms. The van der Waals surface area contributed by atoms with E-state index >= 15 is 0 Å². The molecule has 2 aromatic rings. The molecule has 0 bridgehead atoms. The molecule has 0 aliphatic carbocycles. The highest BCUT2D eigenvalue weighted by Gasteiger charge is 2.24. The first-order valence-corrected chi connectivity index (χ1v) is 7.53. The summed E-state index contributed by atoms with van der Waals surface area (Å²) in [4.78, 5) is 2.35. The van der Waals surface area contributed by atoms with Gasteiger partial charge in [0.15, 0.2) is 0 Å². The van der Waals surface area contributed by atoms with Crippen LogP contribution in [-0.4, -0.2) is 19.2 Å². The Labute approximate surface area is 127 Å². The van der Waals surface area contributed by atoms with Crippen LogP contribution in [0.25, 0.3) is 0 Å². The molecule has 1 aliphatic rings. The Morgan fingerprint density at radius 2 is 2.00 bits per heavy atom. The summed E-state index contributed by atoms with van der Waals surface area (Å²) in [5.41, 5.74) is 7.75. The standard InChI is InChI=1S/C16H17BrN2O/c17-12-3-1-5-14(9-12)19-8-7-16(11-19)20-15-6-2-4-13(18)10-15/h1-6,9-10,16H,7-8,11,18H2. The monoisotopic (exact) mass is 332 g/mol. The summed E-state index contributed by atoms with van der Waals surface area (Å²) >= 11 is 3.51. The molecular formula is C16H17BrN2O. The van der Waals surface area contributed by atoms with E-state index in [0.29, 0.717) is 0 Å². The van der Waals surface area contributed by atoms with E-state index in [1.807, 2.05) is 30.3 Å². The summed E-state index contributed by atoms with van der Waals surface area (Å²) in [6.45, 7) is 1.93. The van der Waals surface area contributed by atoms with Crippen LogP contribution in [0.2, 0.25) is 0 Å². The zero-order valence-electron chi connectivity index (χ0n) is 11.1. The molecule has 0 saturated carbocycles. The minimum absolute atomic E-state index is 0.218. The van der Waals surface area contributed by atoms with Crippen molar-refractivity contribution in [3.05, 3.63) is 53.0 Å². The topological polar surface area (TPSA) is 38.5 Å². The lowest BCUT2D eigenvalue weighted by Crippen LogP contribution is -2.24. The van der Waals surface area contributed by atoms with Gasteiger partial charge in [0.1, 0.15) is 11.9 Å². The first kappa shape index (κ1) is 13.3. The van der Waals surface area contributed by atoms with Crippen LogP contribution < -0.4 is 15.4 Å². The molecule has 1 aliphatic heterocycles. The van der Waals surface area contributed by atoms with E-state index in [2.05, 4.69) is 39.0 Å². The Bertz CT molecular complexity index is 603. The number of nitrogens with two attached hydrogens (primary N) is 1. The van der Waals surface area contributed by atoms with Crippen LogP contribution in [-0.2, 0) is 0 Å². The van der Waals surface area contributed by atoms with Crippen LogP contribution in [0.4, 0.5) is 11.4 Å². The number of benzene rings is 2. The average molecular weight is 333 g/mol. The summed E-state index contributed by atoms with van der Waals surface area (Å²) in [6.07, 6.45) is 1.25. The predicted molar refractivity (Wildman–Crippen MR) is 86.2 cm³/mol. The fraction of sp³-hybridized carbons (Fsp3) is 0.250. The third kappa shape index (κ3) is 3.07. The van der Waals surface area contributed by atoms with Gasteiger partial charge in [0.25, 0.3) is 0 Å². The smallest absolute Gasteiger partial charge is 0.121 e. The Balaban J connectivity index is 1.65. The van der Waals surface area contributed by atoms with E-state index in [1.165, 1.54) is 5.69 Å². The summed E-state index contributed by atoms with van der Waals surface area (Å²) < 4.78 is 7.11. The molecule has 0 radical (unpaired) electrons. The molecule has 104 valence electrons. The second kappa shape index (κ2) is 5.75. The van der Waals surface area contributed by atoms with Crippen LogP contribution in [0, 0.1) is 0 Å². The second-order valence-corrected chi connectivity index (χ2v) is 5.94. The van der Waals surface area contributed by atoms with Gasteiger partial charge < -0.3 is 15.4 Å². The maximum Gasteiger partial charge on any atom is 0.121 e. The Morgan fingerprint density at radius 1 is 1.15 bits per heavy atom. The SMILES string of the molecule is Nc1cccc(OC2CCN(c3cccc(Br)c3)C2)c1. The fourth-order valence-corrected chi connectivity index (χ4v) is 2.90. The van der Waals surface area contributed by atoms with Gasteiger partial charge in [-0.1, -0.05) is 28.1 Å². The van der Waals surface area contributed by atoms with Crippen molar-refractivity contribution in [2.75, 3.05) is 23.7 Å². The van der Waals surface area contributed by atoms with Gasteiger partial charge in [0, 0.05) is 34.9 Å². The van der Waals surface area contributed by atoms with E-state index in [4.69, 9.17) is 10.5 Å². The van der Waals surface area contributed by atoms with Gasteiger partial charge in [0.2, 0.25) is 0 Å². The minimum atomic E-state index is 0.218. The number of hydrogen-bond donors (Lipinski definition) is 1. The normalized spacial score (nSPS) is 18.2. The van der Waals surface area contributed by atoms with E-state index in [0.717, 1.165) is 35.4 Å². The van der Waals surface area contributed by atoms with Crippen molar-refractivity contribution in [2.45, 2.75) is 12.5 Å². The average Bonchev–Trinajstić information content (AvgIpc) is 2.87. The number of rotatable bonds is 3. The van der Waals surface area contributed by atoms with Gasteiger partial charge in [-0.3, -0.25) is 0 Å². The molecule has 3 rings (SSSR count). The summed E-state index contributed by atoms with van der Waals surface area (Å²) in [5, 5.41) is 0. The summed E-state index contributed by atoms with van der Waals surface area (Å²) in [7, 11) is 0. The van der Waals surface area contributed by atoms with Gasteiger partial charge in [-0.15, -0.1) is 0 Å². The van der Waals surface area contributed by atoms with Gasteiger partial charge in [-0.05, 0) is 30.3 Å². The fourth-order valence-electron chi connectivity index (χ4n) is 2.51. The first-order valence-electron chi connectivity index (χ1n) is 6.73. The van der Waals surface area contributed by atoms with Gasteiger partial charge >= 0.3 is 0 Å². The van der Waals surface area contributed by atoms with E-state index in [1.54, 1.807) is 0 Å². The Morgan fingerprint density at radius 3 is 2.80 bits per heavy atom. The largest absolute Gasteiger partial charge is 0.488 e. The molecular weight excluding hydrogens is 316 g/mol. The lowest BCUT2D eigenvalue weighted by Gasteiger charge is -2.19. The number of anilines is 2. The summed E-state index contributed by atoms with van der Waals surface area (Å²) in [6, 6.07) is 16.0. The Kier molecular flexibility index (Phi) is 3.83. The molecule has 20 heavy (non-hydrogen) atoms. The number of ether oxygens (including phenoxy) is 1. The van der Waals surface area contributed by atoms with E-state index in [9.17, 15) is 0 Å². The van der Waals surface area contributed by atoms with Crippen LogP contribution in [0.5, 0.6) is 5.75 Å². The van der Waals surface area contributed by atoms with Crippen molar-refractivity contribution >= 4 is 27.3 Å². The Hall–Kier alpha value is -1.68. The third-order valence-electron chi connectivity index (χ3n) is 3.48. The van der Waals surface area contributed by atoms with Crippen LogP contribution >= 0.6 is 15.9 Å². The zero-order valence-corrected chi connectivity index (χ0v) is 12.7.